The molecule has 17 heavy (non-hydrogen) atoms. The summed E-state index contributed by atoms with van der Waals surface area (Å²) in [5, 5.41) is 8.29. The number of benzene rings is 1. The summed E-state index contributed by atoms with van der Waals surface area (Å²) in [5.74, 6) is 0. The minimum atomic E-state index is 0.408. The van der Waals surface area contributed by atoms with Gasteiger partial charge in [-0.25, -0.2) is 4.68 Å². The van der Waals surface area contributed by atoms with Crippen molar-refractivity contribution in [2.24, 2.45) is 5.73 Å². The van der Waals surface area contributed by atoms with E-state index >= 15 is 0 Å². The highest BCUT2D eigenvalue weighted by Gasteiger charge is 2.13. The van der Waals surface area contributed by atoms with Crippen molar-refractivity contribution in [3.63, 3.8) is 0 Å². The lowest BCUT2D eigenvalue weighted by Crippen LogP contribution is -2.04. The fraction of sp³-hybridized carbons (Fsp3) is 0.333. The van der Waals surface area contributed by atoms with Crippen molar-refractivity contribution in [1.82, 2.24) is 15.0 Å². The molecule has 0 saturated carbocycles. The Morgan fingerprint density at radius 3 is 2.88 bits per heavy atom. The van der Waals surface area contributed by atoms with E-state index in [0.717, 1.165) is 34.4 Å². The lowest BCUT2D eigenvalue weighted by molar-refractivity contribution is 0.584. The van der Waals surface area contributed by atoms with Crippen LogP contribution in [0.15, 0.2) is 28.7 Å². The molecule has 0 spiro atoms. The van der Waals surface area contributed by atoms with E-state index in [0.29, 0.717) is 6.54 Å². The van der Waals surface area contributed by atoms with Gasteiger partial charge in [0.25, 0.3) is 0 Å². The van der Waals surface area contributed by atoms with Crippen LogP contribution in [-0.2, 0) is 13.1 Å². The average molecular weight is 295 g/mol. The highest BCUT2D eigenvalue weighted by Crippen LogP contribution is 2.25. The van der Waals surface area contributed by atoms with Crippen LogP contribution in [0.2, 0.25) is 0 Å². The van der Waals surface area contributed by atoms with Crippen LogP contribution in [0.5, 0.6) is 0 Å². The molecule has 0 aliphatic heterocycles. The number of aromatic nitrogens is 3. The number of nitrogens with two attached hydrogens (primary N) is 1. The molecule has 0 radical (unpaired) electrons. The maximum Gasteiger partial charge on any atom is 0.104 e. The van der Waals surface area contributed by atoms with Crippen LogP contribution in [0, 0.1) is 0 Å². The van der Waals surface area contributed by atoms with E-state index in [4.69, 9.17) is 5.73 Å². The molecule has 1 aromatic heterocycles. The summed E-state index contributed by atoms with van der Waals surface area (Å²) in [5.41, 5.74) is 8.67. The van der Waals surface area contributed by atoms with Crippen LogP contribution < -0.4 is 5.73 Å². The SMILES string of the molecule is CCCn1nnc(CN)c1-c1cccc(Br)c1. The maximum absolute atomic E-state index is 5.71. The van der Waals surface area contributed by atoms with Crippen molar-refractivity contribution >= 4 is 15.9 Å². The Morgan fingerprint density at radius 1 is 1.41 bits per heavy atom. The maximum atomic E-state index is 5.71. The first-order valence-corrected chi connectivity index (χ1v) is 6.44. The fourth-order valence-corrected chi connectivity index (χ4v) is 2.21. The zero-order valence-corrected chi connectivity index (χ0v) is 11.3. The van der Waals surface area contributed by atoms with Crippen LogP contribution >= 0.6 is 15.9 Å². The van der Waals surface area contributed by atoms with Crippen molar-refractivity contribution in [2.45, 2.75) is 26.4 Å². The zero-order chi connectivity index (χ0) is 12.3. The van der Waals surface area contributed by atoms with Gasteiger partial charge in [0.1, 0.15) is 5.69 Å². The van der Waals surface area contributed by atoms with E-state index in [1.807, 2.05) is 16.8 Å². The first kappa shape index (κ1) is 12.3. The molecular formula is C12H15BrN4. The van der Waals surface area contributed by atoms with Crippen molar-refractivity contribution < 1.29 is 0 Å². The summed E-state index contributed by atoms with van der Waals surface area (Å²) < 4.78 is 2.96. The molecule has 0 aliphatic rings. The summed E-state index contributed by atoms with van der Waals surface area (Å²) in [7, 11) is 0. The number of hydrogen-bond acceptors (Lipinski definition) is 3. The van der Waals surface area contributed by atoms with Gasteiger partial charge >= 0.3 is 0 Å². The first-order valence-electron chi connectivity index (χ1n) is 5.64. The number of halogens is 1. The van der Waals surface area contributed by atoms with Crippen molar-refractivity contribution in [1.29, 1.82) is 0 Å². The summed E-state index contributed by atoms with van der Waals surface area (Å²) >= 11 is 3.48. The Morgan fingerprint density at radius 2 is 2.24 bits per heavy atom. The second-order valence-corrected chi connectivity index (χ2v) is 4.74. The van der Waals surface area contributed by atoms with Gasteiger partial charge in [0.05, 0.1) is 5.69 Å². The standard InChI is InChI=1S/C12H15BrN4/c1-2-6-17-12(11(8-14)15-16-17)9-4-3-5-10(13)7-9/h3-5,7H,2,6,8,14H2,1H3. The van der Waals surface area contributed by atoms with E-state index in [-0.39, 0.29) is 0 Å². The molecule has 0 saturated heterocycles. The summed E-state index contributed by atoms with van der Waals surface area (Å²) in [4.78, 5) is 0. The van der Waals surface area contributed by atoms with Crippen LogP contribution in [-0.4, -0.2) is 15.0 Å². The van der Waals surface area contributed by atoms with Gasteiger partial charge in [0.2, 0.25) is 0 Å². The van der Waals surface area contributed by atoms with Gasteiger partial charge < -0.3 is 5.73 Å². The van der Waals surface area contributed by atoms with Crippen molar-refractivity contribution in [3.8, 4) is 11.3 Å². The third kappa shape index (κ3) is 2.56. The predicted molar refractivity (Wildman–Crippen MR) is 71.3 cm³/mol. The van der Waals surface area contributed by atoms with Gasteiger partial charge in [-0.3, -0.25) is 0 Å². The highest BCUT2D eigenvalue weighted by atomic mass is 79.9. The van der Waals surface area contributed by atoms with E-state index in [1.54, 1.807) is 0 Å². The quantitative estimate of drug-likeness (QED) is 0.943. The van der Waals surface area contributed by atoms with Gasteiger partial charge in [-0.05, 0) is 18.6 Å². The Kier molecular flexibility index (Phi) is 3.91. The molecule has 4 nitrogen and oxygen atoms in total. The lowest BCUT2D eigenvalue weighted by Gasteiger charge is -2.07. The van der Waals surface area contributed by atoms with Gasteiger partial charge in [0, 0.05) is 23.1 Å². The predicted octanol–water partition coefficient (Wildman–Crippen LogP) is 2.58. The summed E-state index contributed by atoms with van der Waals surface area (Å²) in [6, 6.07) is 8.11. The Bertz CT molecular complexity index is 507. The third-order valence-electron chi connectivity index (χ3n) is 2.53. The van der Waals surface area contributed by atoms with Crippen LogP contribution in [0.3, 0.4) is 0 Å². The highest BCUT2D eigenvalue weighted by molar-refractivity contribution is 9.10. The second kappa shape index (κ2) is 5.42. The first-order chi connectivity index (χ1) is 8.26. The average Bonchev–Trinajstić information content (AvgIpc) is 2.72. The van der Waals surface area contributed by atoms with Crippen LogP contribution in [0.25, 0.3) is 11.3 Å². The Balaban J connectivity index is 2.51. The van der Waals surface area contributed by atoms with Crippen molar-refractivity contribution in [3.05, 3.63) is 34.4 Å². The normalized spacial score (nSPS) is 10.8. The van der Waals surface area contributed by atoms with Crippen LogP contribution in [0.4, 0.5) is 0 Å². The van der Waals surface area contributed by atoms with Gasteiger partial charge in [-0.15, -0.1) is 5.10 Å². The minimum absolute atomic E-state index is 0.408. The van der Waals surface area contributed by atoms with E-state index in [9.17, 15) is 0 Å². The Hall–Kier alpha value is -1.20. The minimum Gasteiger partial charge on any atom is -0.325 e. The van der Waals surface area contributed by atoms with E-state index in [2.05, 4.69) is 45.3 Å². The monoisotopic (exact) mass is 294 g/mol. The molecule has 0 atom stereocenters. The molecule has 1 aromatic carbocycles. The molecular weight excluding hydrogens is 280 g/mol. The number of aryl methyl sites for hydroxylation is 1. The summed E-state index contributed by atoms with van der Waals surface area (Å²) in [6.45, 7) is 3.38. The number of nitrogens with zero attached hydrogens (tertiary/aromatic N) is 3. The molecule has 5 heteroatoms. The second-order valence-electron chi connectivity index (χ2n) is 3.82. The summed E-state index contributed by atoms with van der Waals surface area (Å²) in [6.07, 6.45) is 1.02. The van der Waals surface area contributed by atoms with E-state index < -0.39 is 0 Å². The molecule has 0 amide bonds. The van der Waals surface area contributed by atoms with E-state index in [1.165, 1.54) is 0 Å². The topological polar surface area (TPSA) is 56.7 Å². The molecule has 90 valence electrons. The smallest absolute Gasteiger partial charge is 0.104 e. The van der Waals surface area contributed by atoms with Gasteiger partial charge in [-0.1, -0.05) is 40.2 Å². The number of hydrogen-bond donors (Lipinski definition) is 1. The molecule has 0 aliphatic carbocycles. The zero-order valence-electron chi connectivity index (χ0n) is 9.73. The largest absolute Gasteiger partial charge is 0.325 e. The molecule has 0 fully saturated rings. The molecule has 2 rings (SSSR count). The number of rotatable bonds is 4. The molecule has 0 unspecified atom stereocenters. The van der Waals surface area contributed by atoms with Crippen LogP contribution in [0.1, 0.15) is 19.0 Å². The van der Waals surface area contributed by atoms with Crippen molar-refractivity contribution in [2.75, 3.05) is 0 Å². The molecule has 1 heterocycles. The third-order valence-corrected chi connectivity index (χ3v) is 3.02. The molecule has 2 N–H and O–H groups in total. The lowest BCUT2D eigenvalue weighted by atomic mass is 10.1. The molecule has 0 bridgehead atoms. The fourth-order valence-electron chi connectivity index (χ4n) is 1.81. The van der Waals surface area contributed by atoms with Gasteiger partial charge in [0.15, 0.2) is 0 Å². The Labute approximate surface area is 109 Å². The van der Waals surface area contributed by atoms with Gasteiger partial charge in [-0.2, -0.15) is 0 Å². The molecule has 2 aromatic rings.